The predicted molar refractivity (Wildman–Crippen MR) is 77.9 cm³/mol. The Bertz CT molecular complexity index is 502. The lowest BCUT2D eigenvalue weighted by Gasteiger charge is -2.33. The summed E-state index contributed by atoms with van der Waals surface area (Å²) >= 11 is 3.38. The molecule has 0 saturated carbocycles. The van der Waals surface area contributed by atoms with Crippen LogP contribution in [-0.2, 0) is 9.59 Å². The maximum Gasteiger partial charge on any atom is 0.250 e. The molecule has 19 heavy (non-hydrogen) atoms. The van der Waals surface area contributed by atoms with Gasteiger partial charge in [-0.2, -0.15) is 0 Å². The van der Waals surface area contributed by atoms with Gasteiger partial charge in [0.25, 0.3) is 0 Å². The van der Waals surface area contributed by atoms with Crippen LogP contribution < -0.4 is 10.2 Å². The monoisotopic (exact) mass is 324 g/mol. The molecular weight excluding hydrogens is 308 g/mol. The van der Waals surface area contributed by atoms with Crippen molar-refractivity contribution in [2.75, 3.05) is 11.4 Å². The number of amides is 2. The molecule has 1 aliphatic rings. The minimum atomic E-state index is -0.416. The number of nitrogens with zero attached hydrogens (tertiary/aromatic N) is 1. The van der Waals surface area contributed by atoms with Gasteiger partial charge in [0, 0.05) is 10.2 Å². The van der Waals surface area contributed by atoms with Crippen LogP contribution in [0.15, 0.2) is 28.7 Å². The summed E-state index contributed by atoms with van der Waals surface area (Å²) < 4.78 is 0.893. The highest BCUT2D eigenvalue weighted by molar-refractivity contribution is 9.10. The number of rotatable bonds is 3. The van der Waals surface area contributed by atoms with Crippen molar-refractivity contribution in [1.29, 1.82) is 0 Å². The number of halogens is 1. The standard InChI is InChI=1S/C14H17BrN2O2/c1-9(2)6-12-14(19)17(8-13(18)16-12)11-5-3-4-10(15)7-11/h3-5,7,9,12H,6,8H2,1-2H3,(H,16,18). The molecule has 1 unspecified atom stereocenters. The maximum atomic E-state index is 12.4. The third-order valence-electron chi connectivity index (χ3n) is 3.03. The number of anilines is 1. The van der Waals surface area contributed by atoms with E-state index in [1.54, 1.807) is 4.90 Å². The number of benzene rings is 1. The minimum absolute atomic E-state index is 0.0357. The van der Waals surface area contributed by atoms with Crippen LogP contribution in [0.2, 0.25) is 0 Å². The maximum absolute atomic E-state index is 12.4. The van der Waals surface area contributed by atoms with E-state index in [4.69, 9.17) is 0 Å². The van der Waals surface area contributed by atoms with Gasteiger partial charge in [0.1, 0.15) is 12.6 Å². The Morgan fingerprint density at radius 1 is 1.42 bits per heavy atom. The quantitative estimate of drug-likeness (QED) is 0.927. The average molecular weight is 325 g/mol. The summed E-state index contributed by atoms with van der Waals surface area (Å²) in [5.41, 5.74) is 0.753. The van der Waals surface area contributed by atoms with Gasteiger partial charge in [0.15, 0.2) is 0 Å². The van der Waals surface area contributed by atoms with Gasteiger partial charge < -0.3 is 10.2 Å². The largest absolute Gasteiger partial charge is 0.343 e. The molecule has 1 saturated heterocycles. The number of nitrogens with one attached hydrogen (secondary N) is 1. The van der Waals surface area contributed by atoms with E-state index in [2.05, 4.69) is 21.2 Å². The van der Waals surface area contributed by atoms with E-state index in [9.17, 15) is 9.59 Å². The van der Waals surface area contributed by atoms with Crippen molar-refractivity contribution < 1.29 is 9.59 Å². The van der Waals surface area contributed by atoms with Crippen molar-refractivity contribution in [3.8, 4) is 0 Å². The van der Waals surface area contributed by atoms with Gasteiger partial charge >= 0.3 is 0 Å². The van der Waals surface area contributed by atoms with Crippen molar-refractivity contribution in [3.05, 3.63) is 28.7 Å². The fourth-order valence-electron chi connectivity index (χ4n) is 2.21. The lowest BCUT2D eigenvalue weighted by Crippen LogP contribution is -2.58. The first-order valence-corrected chi connectivity index (χ1v) is 7.13. The van der Waals surface area contributed by atoms with Gasteiger partial charge in [0.2, 0.25) is 11.8 Å². The number of hydrogen-bond acceptors (Lipinski definition) is 2. The van der Waals surface area contributed by atoms with E-state index >= 15 is 0 Å². The van der Waals surface area contributed by atoms with E-state index in [1.807, 2.05) is 38.1 Å². The minimum Gasteiger partial charge on any atom is -0.343 e. The fraction of sp³-hybridized carbons (Fsp3) is 0.429. The Balaban J connectivity index is 2.24. The molecule has 1 aromatic rings. The van der Waals surface area contributed by atoms with Crippen LogP contribution in [0.4, 0.5) is 5.69 Å². The van der Waals surface area contributed by atoms with Crippen LogP contribution in [-0.4, -0.2) is 24.4 Å². The zero-order valence-corrected chi connectivity index (χ0v) is 12.6. The Morgan fingerprint density at radius 2 is 2.16 bits per heavy atom. The molecular formula is C14H17BrN2O2. The molecule has 2 rings (SSSR count). The van der Waals surface area contributed by atoms with Crippen molar-refractivity contribution in [2.24, 2.45) is 5.92 Å². The van der Waals surface area contributed by atoms with Crippen molar-refractivity contribution >= 4 is 33.4 Å². The molecule has 1 atom stereocenters. The molecule has 102 valence electrons. The molecule has 1 aromatic carbocycles. The fourth-order valence-corrected chi connectivity index (χ4v) is 2.59. The highest BCUT2D eigenvalue weighted by Gasteiger charge is 2.33. The normalized spacial score (nSPS) is 19.8. The summed E-state index contributed by atoms with van der Waals surface area (Å²) in [4.78, 5) is 25.7. The molecule has 1 fully saturated rings. The molecule has 1 heterocycles. The smallest absolute Gasteiger partial charge is 0.250 e. The summed E-state index contributed by atoms with van der Waals surface area (Å²) in [6.07, 6.45) is 0.662. The molecule has 4 nitrogen and oxygen atoms in total. The Morgan fingerprint density at radius 3 is 2.79 bits per heavy atom. The first-order valence-electron chi connectivity index (χ1n) is 6.33. The summed E-state index contributed by atoms with van der Waals surface area (Å²) in [5.74, 6) is 0.216. The molecule has 2 amide bonds. The number of hydrogen-bond donors (Lipinski definition) is 1. The summed E-state index contributed by atoms with van der Waals surface area (Å²) in [5, 5.41) is 2.77. The highest BCUT2D eigenvalue weighted by Crippen LogP contribution is 2.23. The van der Waals surface area contributed by atoms with Crippen molar-refractivity contribution in [2.45, 2.75) is 26.3 Å². The topological polar surface area (TPSA) is 49.4 Å². The lowest BCUT2D eigenvalue weighted by atomic mass is 10.0. The van der Waals surface area contributed by atoms with Crippen molar-refractivity contribution in [1.82, 2.24) is 5.32 Å². The Hall–Kier alpha value is -1.36. The average Bonchev–Trinajstić information content (AvgIpc) is 2.32. The summed E-state index contributed by atoms with van der Waals surface area (Å²) in [6, 6.07) is 7.02. The molecule has 0 radical (unpaired) electrons. The lowest BCUT2D eigenvalue weighted by molar-refractivity contribution is -0.131. The zero-order chi connectivity index (χ0) is 14.0. The second kappa shape index (κ2) is 5.74. The van der Waals surface area contributed by atoms with Gasteiger partial charge in [-0.15, -0.1) is 0 Å². The van der Waals surface area contributed by atoms with E-state index in [-0.39, 0.29) is 18.4 Å². The first kappa shape index (κ1) is 14.1. The molecule has 1 N–H and O–H groups in total. The zero-order valence-electron chi connectivity index (χ0n) is 11.0. The van der Waals surface area contributed by atoms with Gasteiger partial charge in [-0.1, -0.05) is 35.8 Å². The van der Waals surface area contributed by atoms with Crippen molar-refractivity contribution in [3.63, 3.8) is 0 Å². The molecule has 1 aliphatic heterocycles. The van der Waals surface area contributed by atoms with Crippen LogP contribution in [0, 0.1) is 5.92 Å². The highest BCUT2D eigenvalue weighted by atomic mass is 79.9. The van der Waals surface area contributed by atoms with E-state index in [0.717, 1.165) is 10.2 Å². The SMILES string of the molecule is CC(C)CC1NC(=O)CN(c2cccc(Br)c2)C1=O. The number of piperazine rings is 1. The number of carbonyl (C=O) groups excluding carboxylic acids is 2. The van der Waals surface area contributed by atoms with E-state index in [1.165, 1.54) is 0 Å². The number of carbonyl (C=O) groups is 2. The van der Waals surface area contributed by atoms with Crippen LogP contribution in [0.3, 0.4) is 0 Å². The molecule has 0 aromatic heterocycles. The van der Waals surface area contributed by atoms with Crippen LogP contribution in [0.1, 0.15) is 20.3 Å². The second-order valence-corrected chi connectivity index (χ2v) is 6.07. The molecule has 0 bridgehead atoms. The van der Waals surface area contributed by atoms with E-state index in [0.29, 0.717) is 12.3 Å². The third kappa shape index (κ3) is 3.35. The molecule has 0 spiro atoms. The van der Waals surface area contributed by atoms with Gasteiger partial charge in [-0.3, -0.25) is 9.59 Å². The van der Waals surface area contributed by atoms with Crippen LogP contribution in [0.25, 0.3) is 0 Å². The Kier molecular flexibility index (Phi) is 4.24. The van der Waals surface area contributed by atoms with Crippen LogP contribution >= 0.6 is 15.9 Å². The van der Waals surface area contributed by atoms with Gasteiger partial charge in [0.05, 0.1) is 0 Å². The third-order valence-corrected chi connectivity index (χ3v) is 3.52. The second-order valence-electron chi connectivity index (χ2n) is 5.15. The predicted octanol–water partition coefficient (Wildman–Crippen LogP) is 2.33. The Labute approximate surface area is 121 Å². The molecule has 0 aliphatic carbocycles. The summed E-state index contributed by atoms with van der Waals surface area (Å²) in [6.45, 7) is 4.17. The summed E-state index contributed by atoms with van der Waals surface area (Å²) in [7, 11) is 0. The van der Waals surface area contributed by atoms with E-state index < -0.39 is 6.04 Å². The van der Waals surface area contributed by atoms with Gasteiger partial charge in [-0.05, 0) is 30.5 Å². The van der Waals surface area contributed by atoms with Gasteiger partial charge in [-0.25, -0.2) is 0 Å². The first-order chi connectivity index (χ1) is 8.97. The molecule has 5 heteroatoms. The van der Waals surface area contributed by atoms with Crippen LogP contribution in [0.5, 0.6) is 0 Å².